The molecule has 1 aliphatic rings. The summed E-state index contributed by atoms with van der Waals surface area (Å²) in [6.07, 6.45) is 1.61. The molecule has 9 heteroatoms. The molecule has 1 aromatic rings. The van der Waals surface area contributed by atoms with Crippen molar-refractivity contribution in [2.24, 2.45) is 0 Å². The molecule has 1 heterocycles. The standard InChI is InChI=1S/C15H13I2NO5S/c1-3-23-12(19)7-18-14(20)11(24-15(18)21)5-8-4-9(16)6-10(17)13(8)22-2/h4-6H,3,7H2,1-2H3/b11-5+. The number of hydrogen-bond acceptors (Lipinski definition) is 6. The molecule has 0 radical (unpaired) electrons. The van der Waals surface area contributed by atoms with Crippen LogP contribution in [0.2, 0.25) is 0 Å². The number of nitrogens with zero attached hydrogens (tertiary/aromatic N) is 1. The zero-order valence-corrected chi connectivity index (χ0v) is 17.9. The lowest BCUT2D eigenvalue weighted by atomic mass is 10.2. The van der Waals surface area contributed by atoms with Gasteiger partial charge in [-0.3, -0.25) is 19.3 Å². The van der Waals surface area contributed by atoms with Crippen LogP contribution in [0, 0.1) is 7.14 Å². The molecule has 0 aromatic heterocycles. The van der Waals surface area contributed by atoms with Crippen LogP contribution in [0.25, 0.3) is 6.08 Å². The van der Waals surface area contributed by atoms with Crippen molar-refractivity contribution in [2.45, 2.75) is 6.92 Å². The number of benzene rings is 1. The van der Waals surface area contributed by atoms with Gasteiger partial charge in [-0.05, 0) is 82.1 Å². The van der Waals surface area contributed by atoms with E-state index in [1.165, 1.54) is 0 Å². The Morgan fingerprint density at radius 2 is 2.04 bits per heavy atom. The van der Waals surface area contributed by atoms with Crippen molar-refractivity contribution < 1.29 is 23.9 Å². The van der Waals surface area contributed by atoms with Crippen LogP contribution in [0.1, 0.15) is 12.5 Å². The van der Waals surface area contributed by atoms with Crippen LogP contribution in [0.15, 0.2) is 17.0 Å². The average molecular weight is 573 g/mol. The number of amides is 2. The van der Waals surface area contributed by atoms with Gasteiger partial charge in [-0.1, -0.05) is 0 Å². The molecule has 128 valence electrons. The van der Waals surface area contributed by atoms with E-state index >= 15 is 0 Å². The van der Waals surface area contributed by atoms with E-state index in [0.29, 0.717) is 11.3 Å². The number of halogens is 2. The van der Waals surface area contributed by atoms with Crippen LogP contribution >= 0.6 is 56.9 Å². The normalized spacial score (nSPS) is 16.0. The van der Waals surface area contributed by atoms with Gasteiger partial charge in [-0.15, -0.1) is 0 Å². The molecule has 1 aliphatic heterocycles. The maximum atomic E-state index is 12.4. The maximum absolute atomic E-state index is 12.4. The fourth-order valence-electron chi connectivity index (χ4n) is 2.02. The van der Waals surface area contributed by atoms with E-state index in [9.17, 15) is 14.4 Å². The van der Waals surface area contributed by atoms with E-state index in [1.54, 1.807) is 20.1 Å². The summed E-state index contributed by atoms with van der Waals surface area (Å²) in [5.41, 5.74) is 0.704. The minimum Gasteiger partial charge on any atom is -0.495 e. The first-order chi connectivity index (χ1) is 11.4. The first-order valence-electron chi connectivity index (χ1n) is 6.81. The second-order valence-electron chi connectivity index (χ2n) is 4.58. The van der Waals surface area contributed by atoms with Crippen LogP contribution in [-0.2, 0) is 14.3 Å². The van der Waals surface area contributed by atoms with E-state index in [1.807, 2.05) is 12.1 Å². The Hall–Kier alpha value is -0.820. The topological polar surface area (TPSA) is 72.9 Å². The fraction of sp³-hybridized carbons (Fsp3) is 0.267. The highest BCUT2D eigenvalue weighted by Gasteiger charge is 2.36. The lowest BCUT2D eigenvalue weighted by Gasteiger charge is -2.11. The summed E-state index contributed by atoms with van der Waals surface area (Å²) < 4.78 is 12.0. The minimum atomic E-state index is -0.609. The van der Waals surface area contributed by atoms with Crippen LogP contribution in [-0.4, -0.2) is 42.3 Å². The van der Waals surface area contributed by atoms with Crippen molar-refractivity contribution in [3.63, 3.8) is 0 Å². The Kier molecular flexibility index (Phi) is 6.92. The lowest BCUT2D eigenvalue weighted by Crippen LogP contribution is -2.34. The Morgan fingerprint density at radius 3 is 2.67 bits per heavy atom. The van der Waals surface area contributed by atoms with E-state index in [0.717, 1.165) is 23.8 Å². The van der Waals surface area contributed by atoms with Crippen LogP contribution < -0.4 is 4.74 Å². The van der Waals surface area contributed by atoms with Crippen molar-refractivity contribution in [2.75, 3.05) is 20.3 Å². The van der Waals surface area contributed by atoms with Crippen molar-refractivity contribution in [3.05, 3.63) is 29.7 Å². The zero-order chi connectivity index (χ0) is 17.9. The lowest BCUT2D eigenvalue weighted by molar-refractivity contribution is -0.145. The van der Waals surface area contributed by atoms with Gasteiger partial charge < -0.3 is 9.47 Å². The summed E-state index contributed by atoms with van der Waals surface area (Å²) in [6, 6.07) is 3.81. The second kappa shape index (κ2) is 8.52. The van der Waals surface area contributed by atoms with Gasteiger partial charge in [0.15, 0.2) is 0 Å². The highest BCUT2D eigenvalue weighted by Crippen LogP contribution is 2.36. The van der Waals surface area contributed by atoms with Crippen molar-refractivity contribution in [3.8, 4) is 5.75 Å². The number of thioether (sulfide) groups is 1. The molecule has 0 atom stereocenters. The SMILES string of the molecule is CCOC(=O)CN1C(=O)S/C(=C/c2cc(I)cc(I)c2OC)C1=O. The third-order valence-electron chi connectivity index (χ3n) is 2.99. The molecule has 24 heavy (non-hydrogen) atoms. The zero-order valence-electron chi connectivity index (χ0n) is 12.8. The van der Waals surface area contributed by atoms with Crippen molar-refractivity contribution in [1.82, 2.24) is 4.90 Å². The Labute approximate surface area is 170 Å². The average Bonchev–Trinajstić information content (AvgIpc) is 2.75. The highest BCUT2D eigenvalue weighted by atomic mass is 127. The summed E-state index contributed by atoms with van der Waals surface area (Å²) in [4.78, 5) is 37.1. The summed E-state index contributed by atoms with van der Waals surface area (Å²) >= 11 is 5.11. The number of esters is 1. The summed E-state index contributed by atoms with van der Waals surface area (Å²) in [7, 11) is 1.55. The van der Waals surface area contributed by atoms with Gasteiger partial charge >= 0.3 is 5.97 Å². The number of hydrogen-bond donors (Lipinski definition) is 0. The molecule has 1 aromatic carbocycles. The third-order valence-corrected chi connectivity index (χ3v) is 5.33. The fourth-order valence-corrected chi connectivity index (χ4v) is 4.96. The molecule has 0 N–H and O–H groups in total. The molecule has 1 fully saturated rings. The molecule has 2 amide bonds. The predicted octanol–water partition coefficient (Wildman–Crippen LogP) is 3.50. The second-order valence-corrected chi connectivity index (χ2v) is 7.98. The number of ether oxygens (including phenoxy) is 2. The molecule has 0 unspecified atom stereocenters. The monoisotopic (exact) mass is 573 g/mol. The molecule has 0 saturated carbocycles. The summed E-state index contributed by atoms with van der Waals surface area (Å²) in [6.45, 7) is 1.48. The third kappa shape index (κ3) is 4.42. The highest BCUT2D eigenvalue weighted by molar-refractivity contribution is 14.1. The first kappa shape index (κ1) is 19.5. The maximum Gasteiger partial charge on any atom is 0.326 e. The van der Waals surface area contributed by atoms with E-state index in [2.05, 4.69) is 45.2 Å². The van der Waals surface area contributed by atoms with Gasteiger partial charge in [0, 0.05) is 9.13 Å². The van der Waals surface area contributed by atoms with Gasteiger partial charge in [0.1, 0.15) is 12.3 Å². The molecule has 2 rings (SSSR count). The minimum absolute atomic E-state index is 0.197. The van der Waals surface area contributed by atoms with Crippen molar-refractivity contribution in [1.29, 1.82) is 0 Å². The number of carbonyl (C=O) groups excluding carboxylic acids is 3. The van der Waals surface area contributed by atoms with Crippen LogP contribution in [0.3, 0.4) is 0 Å². The molecule has 0 spiro atoms. The van der Waals surface area contributed by atoms with E-state index in [4.69, 9.17) is 9.47 Å². The van der Waals surface area contributed by atoms with Crippen LogP contribution in [0.5, 0.6) is 5.75 Å². The van der Waals surface area contributed by atoms with E-state index < -0.39 is 17.1 Å². The van der Waals surface area contributed by atoms with Gasteiger partial charge in [0.2, 0.25) is 0 Å². The Bertz CT molecular complexity index is 735. The molecular weight excluding hydrogens is 560 g/mol. The quantitative estimate of drug-likeness (QED) is 0.305. The summed E-state index contributed by atoms with van der Waals surface area (Å²) in [5, 5.41) is -0.487. The largest absolute Gasteiger partial charge is 0.495 e. The molecule has 6 nitrogen and oxygen atoms in total. The molecule has 0 aliphatic carbocycles. The van der Waals surface area contributed by atoms with Crippen LogP contribution in [0.4, 0.5) is 4.79 Å². The first-order valence-corrected chi connectivity index (χ1v) is 9.78. The molecular formula is C15H13I2NO5S. The van der Waals surface area contributed by atoms with Gasteiger partial charge in [0.25, 0.3) is 11.1 Å². The Morgan fingerprint density at radius 1 is 1.33 bits per heavy atom. The predicted molar refractivity (Wildman–Crippen MR) is 108 cm³/mol. The number of imide groups is 1. The van der Waals surface area contributed by atoms with Gasteiger partial charge in [-0.25, -0.2) is 0 Å². The number of methoxy groups -OCH3 is 1. The Balaban J connectivity index is 2.31. The van der Waals surface area contributed by atoms with Gasteiger partial charge in [0.05, 0.1) is 22.2 Å². The molecule has 0 bridgehead atoms. The molecule has 1 saturated heterocycles. The number of carbonyl (C=O) groups is 3. The number of rotatable bonds is 5. The van der Waals surface area contributed by atoms with Gasteiger partial charge in [-0.2, -0.15) is 0 Å². The van der Waals surface area contributed by atoms with Crippen molar-refractivity contribution >= 4 is 80.1 Å². The summed E-state index contributed by atoms with van der Waals surface area (Å²) in [5.74, 6) is -0.482. The smallest absolute Gasteiger partial charge is 0.326 e. The van der Waals surface area contributed by atoms with E-state index in [-0.39, 0.29) is 18.1 Å².